The molecule has 94 valence electrons. The zero-order valence-corrected chi connectivity index (χ0v) is 12.0. The smallest absolute Gasteiger partial charge is 0.242 e. The van der Waals surface area contributed by atoms with Gasteiger partial charge in [0.2, 0.25) is 5.88 Å². The van der Waals surface area contributed by atoms with Gasteiger partial charge in [-0.3, -0.25) is 0 Å². The van der Waals surface area contributed by atoms with E-state index in [9.17, 15) is 4.39 Å². The molecule has 0 aliphatic rings. The second-order valence-electron chi connectivity index (χ2n) is 3.72. The molecule has 0 fully saturated rings. The van der Waals surface area contributed by atoms with E-state index in [0.717, 1.165) is 11.1 Å². The Labute approximate surface area is 117 Å². The van der Waals surface area contributed by atoms with E-state index in [-0.39, 0.29) is 5.82 Å². The molecular formula is C12H9BrClFN2O. The van der Waals surface area contributed by atoms with E-state index >= 15 is 0 Å². The Kier molecular flexibility index (Phi) is 3.82. The quantitative estimate of drug-likeness (QED) is 0.816. The van der Waals surface area contributed by atoms with E-state index in [1.54, 1.807) is 6.07 Å². The Balaban J connectivity index is 2.40. The van der Waals surface area contributed by atoms with E-state index in [1.165, 1.54) is 12.1 Å². The standard InChI is InChI=1S/C12H9BrClFN2O/c1-6-7(2)12(17-16-11(6)14)18-10-5-8(15)3-4-9(10)13/h3-5H,1-2H3. The summed E-state index contributed by atoms with van der Waals surface area (Å²) in [5.74, 6) is 0.266. The van der Waals surface area contributed by atoms with Crippen LogP contribution in [0.25, 0.3) is 0 Å². The van der Waals surface area contributed by atoms with Crippen molar-refractivity contribution in [2.75, 3.05) is 0 Å². The van der Waals surface area contributed by atoms with Gasteiger partial charge in [0.25, 0.3) is 0 Å². The lowest BCUT2D eigenvalue weighted by molar-refractivity contribution is 0.443. The van der Waals surface area contributed by atoms with Crippen molar-refractivity contribution in [3.63, 3.8) is 0 Å². The van der Waals surface area contributed by atoms with Gasteiger partial charge < -0.3 is 4.74 Å². The van der Waals surface area contributed by atoms with E-state index in [1.807, 2.05) is 13.8 Å². The molecule has 0 saturated heterocycles. The monoisotopic (exact) mass is 330 g/mol. The Morgan fingerprint density at radius 1 is 1.22 bits per heavy atom. The van der Waals surface area contributed by atoms with Crippen molar-refractivity contribution in [2.24, 2.45) is 0 Å². The predicted octanol–water partition coefficient (Wildman–Crippen LogP) is 4.44. The topological polar surface area (TPSA) is 35.0 Å². The lowest BCUT2D eigenvalue weighted by Crippen LogP contribution is -1.98. The molecule has 1 aromatic carbocycles. The van der Waals surface area contributed by atoms with Crippen molar-refractivity contribution in [2.45, 2.75) is 13.8 Å². The number of benzene rings is 1. The van der Waals surface area contributed by atoms with Crippen molar-refractivity contribution < 1.29 is 9.13 Å². The zero-order valence-electron chi connectivity index (χ0n) is 9.67. The summed E-state index contributed by atoms with van der Waals surface area (Å²) in [4.78, 5) is 0. The molecule has 0 aliphatic heterocycles. The minimum absolute atomic E-state index is 0.309. The van der Waals surface area contributed by atoms with Gasteiger partial charge in [-0.1, -0.05) is 11.6 Å². The molecule has 0 bridgehead atoms. The van der Waals surface area contributed by atoms with E-state index in [4.69, 9.17) is 16.3 Å². The van der Waals surface area contributed by atoms with Crippen molar-refractivity contribution in [1.82, 2.24) is 10.2 Å². The maximum Gasteiger partial charge on any atom is 0.242 e. The number of hydrogen-bond acceptors (Lipinski definition) is 3. The van der Waals surface area contributed by atoms with Crippen molar-refractivity contribution in [3.05, 3.63) is 44.8 Å². The Morgan fingerprint density at radius 3 is 2.67 bits per heavy atom. The summed E-state index contributed by atoms with van der Waals surface area (Å²) in [6.45, 7) is 3.64. The number of aromatic nitrogens is 2. The number of rotatable bonds is 2. The molecule has 2 rings (SSSR count). The van der Waals surface area contributed by atoms with Gasteiger partial charge in [-0.15, -0.1) is 10.2 Å². The molecular weight excluding hydrogens is 322 g/mol. The second kappa shape index (κ2) is 5.20. The van der Waals surface area contributed by atoms with E-state index in [0.29, 0.717) is 21.3 Å². The average Bonchev–Trinajstić information content (AvgIpc) is 2.34. The average molecular weight is 332 g/mol. The lowest BCUT2D eigenvalue weighted by Gasteiger charge is -2.10. The SMILES string of the molecule is Cc1c(Cl)nnc(Oc2cc(F)ccc2Br)c1C. The van der Waals surface area contributed by atoms with Crippen molar-refractivity contribution >= 4 is 27.5 Å². The molecule has 0 atom stereocenters. The summed E-state index contributed by atoms with van der Waals surface area (Å²) < 4.78 is 19.3. The third-order valence-electron chi connectivity index (χ3n) is 2.52. The van der Waals surface area contributed by atoms with Gasteiger partial charge in [0, 0.05) is 11.6 Å². The van der Waals surface area contributed by atoms with E-state index < -0.39 is 0 Å². The molecule has 0 aliphatic carbocycles. The maximum atomic E-state index is 13.1. The van der Waals surface area contributed by atoms with Gasteiger partial charge in [-0.2, -0.15) is 0 Å². The number of hydrogen-bond donors (Lipinski definition) is 0. The summed E-state index contributed by atoms with van der Waals surface area (Å²) in [6.07, 6.45) is 0. The first-order valence-corrected chi connectivity index (χ1v) is 6.28. The fourth-order valence-electron chi connectivity index (χ4n) is 1.31. The normalized spacial score (nSPS) is 10.5. The van der Waals surface area contributed by atoms with Crippen LogP contribution in [0.15, 0.2) is 22.7 Å². The molecule has 0 spiro atoms. The molecule has 6 heteroatoms. The first-order valence-electron chi connectivity index (χ1n) is 5.11. The van der Waals surface area contributed by atoms with Crippen LogP contribution in [0.4, 0.5) is 4.39 Å². The minimum atomic E-state index is -0.385. The Hall–Kier alpha value is -1.20. The van der Waals surface area contributed by atoms with Crippen molar-refractivity contribution in [1.29, 1.82) is 0 Å². The molecule has 0 radical (unpaired) electrons. The van der Waals surface area contributed by atoms with Crippen LogP contribution >= 0.6 is 27.5 Å². The van der Waals surface area contributed by atoms with Gasteiger partial charge in [0.05, 0.1) is 4.47 Å². The lowest BCUT2D eigenvalue weighted by atomic mass is 10.2. The van der Waals surface area contributed by atoms with Gasteiger partial charge in [-0.25, -0.2) is 4.39 Å². The largest absolute Gasteiger partial charge is 0.436 e. The van der Waals surface area contributed by atoms with Crippen LogP contribution in [0, 0.1) is 19.7 Å². The molecule has 0 N–H and O–H groups in total. The number of halogens is 3. The molecule has 18 heavy (non-hydrogen) atoms. The van der Waals surface area contributed by atoms with Crippen LogP contribution in [-0.2, 0) is 0 Å². The fraction of sp³-hybridized carbons (Fsp3) is 0.167. The number of ether oxygens (including phenoxy) is 1. The van der Waals surface area contributed by atoms with Crippen LogP contribution in [0.2, 0.25) is 5.15 Å². The highest BCUT2D eigenvalue weighted by Crippen LogP contribution is 2.32. The van der Waals surface area contributed by atoms with Gasteiger partial charge in [-0.05, 0) is 47.5 Å². The molecule has 0 amide bonds. The predicted molar refractivity (Wildman–Crippen MR) is 70.7 cm³/mol. The Bertz CT molecular complexity index is 607. The van der Waals surface area contributed by atoms with Gasteiger partial charge >= 0.3 is 0 Å². The first-order chi connectivity index (χ1) is 8.49. The molecule has 0 unspecified atom stereocenters. The summed E-state index contributed by atoms with van der Waals surface area (Å²) >= 11 is 9.13. The fourth-order valence-corrected chi connectivity index (χ4v) is 1.82. The highest BCUT2D eigenvalue weighted by atomic mass is 79.9. The molecule has 1 aromatic heterocycles. The molecule has 2 aromatic rings. The number of nitrogens with zero attached hydrogens (tertiary/aromatic N) is 2. The summed E-state index contributed by atoms with van der Waals surface area (Å²) in [7, 11) is 0. The minimum Gasteiger partial charge on any atom is -0.436 e. The van der Waals surface area contributed by atoms with Crippen LogP contribution in [0.1, 0.15) is 11.1 Å². The van der Waals surface area contributed by atoms with Gasteiger partial charge in [0.1, 0.15) is 11.6 Å². The van der Waals surface area contributed by atoms with Gasteiger partial charge in [0.15, 0.2) is 5.15 Å². The van der Waals surface area contributed by atoms with E-state index in [2.05, 4.69) is 26.1 Å². The highest BCUT2D eigenvalue weighted by Gasteiger charge is 2.12. The van der Waals surface area contributed by atoms with Crippen LogP contribution < -0.4 is 4.74 Å². The van der Waals surface area contributed by atoms with Crippen LogP contribution in [0.3, 0.4) is 0 Å². The first kappa shape index (κ1) is 13.2. The molecule has 1 heterocycles. The maximum absolute atomic E-state index is 13.1. The third kappa shape index (κ3) is 2.62. The third-order valence-corrected chi connectivity index (χ3v) is 3.54. The molecule has 3 nitrogen and oxygen atoms in total. The van der Waals surface area contributed by atoms with Crippen LogP contribution in [-0.4, -0.2) is 10.2 Å². The summed E-state index contributed by atoms with van der Waals surface area (Å²) in [5.41, 5.74) is 1.56. The highest BCUT2D eigenvalue weighted by molar-refractivity contribution is 9.10. The van der Waals surface area contributed by atoms with Crippen LogP contribution in [0.5, 0.6) is 11.6 Å². The zero-order chi connectivity index (χ0) is 13.3. The second-order valence-corrected chi connectivity index (χ2v) is 4.94. The molecule has 0 saturated carbocycles. The van der Waals surface area contributed by atoms with Crippen molar-refractivity contribution in [3.8, 4) is 11.6 Å². The summed E-state index contributed by atoms with van der Waals surface area (Å²) in [5, 5.41) is 7.96. The Morgan fingerprint density at radius 2 is 1.94 bits per heavy atom. The summed E-state index contributed by atoms with van der Waals surface area (Å²) in [6, 6.07) is 4.17.